The summed E-state index contributed by atoms with van der Waals surface area (Å²) < 4.78 is 170. The zero-order valence-electron chi connectivity index (χ0n) is 28.3. The molecular formula is C35H22F12N4O6. The molecule has 0 radical (unpaired) electrons. The van der Waals surface area contributed by atoms with E-state index in [1.807, 2.05) is 4.98 Å². The first-order valence-corrected chi connectivity index (χ1v) is 15.6. The van der Waals surface area contributed by atoms with Crippen molar-refractivity contribution in [2.24, 2.45) is 0 Å². The number of nitrogens with zero attached hydrogens (tertiary/aromatic N) is 3. The van der Waals surface area contributed by atoms with E-state index in [4.69, 9.17) is 4.74 Å². The molecule has 6 rings (SSSR count). The summed E-state index contributed by atoms with van der Waals surface area (Å²) in [4.78, 5) is 42.3. The maximum atomic E-state index is 13.6. The van der Waals surface area contributed by atoms with Gasteiger partial charge in [-0.3, -0.25) is 23.2 Å². The fourth-order valence-electron chi connectivity index (χ4n) is 5.13. The second-order valence-electron chi connectivity index (χ2n) is 11.6. The van der Waals surface area contributed by atoms with Crippen LogP contribution < -0.4 is 30.8 Å². The second kappa shape index (κ2) is 15.6. The minimum atomic E-state index is -4.95. The summed E-state index contributed by atoms with van der Waals surface area (Å²) in [5, 5.41) is 0. The third-order valence-corrected chi connectivity index (χ3v) is 7.54. The van der Waals surface area contributed by atoms with Gasteiger partial charge in [-0.05, 0) is 41.5 Å². The standard InChI is InChI=1S/C18H12F6N2O3.C17H10F6N2O3/c1-28-12-6-7-26-13(8-12)25-15(18(22,23)24)14(16(26)27)10-2-4-11(5-3-10)29-9-17(19,20)21;18-16(19,20)8-28-11-3-1-9(2-4-11)13-14(17(21,22)23)24-12-7-10(26)5-6-25(12)15(13)27/h2-8H,9H2,1H3;1-7,24H,8H2. The van der Waals surface area contributed by atoms with E-state index in [2.05, 4.69) is 14.5 Å². The Morgan fingerprint density at radius 3 is 1.56 bits per heavy atom. The molecule has 0 spiro atoms. The van der Waals surface area contributed by atoms with Crippen molar-refractivity contribution in [1.29, 1.82) is 0 Å². The molecule has 0 amide bonds. The zero-order chi connectivity index (χ0) is 42.1. The molecule has 22 heteroatoms. The molecule has 0 aliphatic rings. The number of benzene rings is 2. The van der Waals surface area contributed by atoms with E-state index >= 15 is 0 Å². The van der Waals surface area contributed by atoms with Gasteiger partial charge in [0.1, 0.15) is 34.2 Å². The van der Waals surface area contributed by atoms with Crippen molar-refractivity contribution in [2.45, 2.75) is 24.7 Å². The van der Waals surface area contributed by atoms with Gasteiger partial charge in [-0.1, -0.05) is 24.3 Å². The molecule has 57 heavy (non-hydrogen) atoms. The Morgan fingerprint density at radius 1 is 0.596 bits per heavy atom. The monoisotopic (exact) mass is 822 g/mol. The highest BCUT2D eigenvalue weighted by atomic mass is 19.4. The third-order valence-electron chi connectivity index (χ3n) is 7.54. The van der Waals surface area contributed by atoms with Crippen LogP contribution in [-0.4, -0.2) is 51.4 Å². The van der Waals surface area contributed by atoms with Gasteiger partial charge in [0.25, 0.3) is 11.1 Å². The Morgan fingerprint density at radius 2 is 1.09 bits per heavy atom. The molecule has 0 saturated heterocycles. The van der Waals surface area contributed by atoms with Crippen molar-refractivity contribution >= 4 is 11.3 Å². The van der Waals surface area contributed by atoms with E-state index in [0.717, 1.165) is 75.7 Å². The first kappa shape index (κ1) is 41.7. The first-order chi connectivity index (χ1) is 26.4. The third kappa shape index (κ3) is 10.0. The number of pyridine rings is 2. The van der Waals surface area contributed by atoms with Crippen molar-refractivity contribution in [3.8, 4) is 39.5 Å². The number of fused-ring (bicyclic) bond motifs is 2. The lowest BCUT2D eigenvalue weighted by molar-refractivity contribution is -0.154. The summed E-state index contributed by atoms with van der Waals surface area (Å²) in [6.45, 7) is -3.12. The number of methoxy groups -OCH3 is 1. The lowest BCUT2D eigenvalue weighted by Crippen LogP contribution is -2.25. The van der Waals surface area contributed by atoms with Gasteiger partial charge in [-0.15, -0.1) is 0 Å². The van der Waals surface area contributed by atoms with Crippen LogP contribution in [0.2, 0.25) is 0 Å². The number of rotatable bonds is 7. The summed E-state index contributed by atoms with van der Waals surface area (Å²) in [6.07, 6.45) is -16.8. The first-order valence-electron chi connectivity index (χ1n) is 15.6. The molecule has 0 aliphatic heterocycles. The number of alkyl halides is 12. The molecule has 1 N–H and O–H groups in total. The number of nitrogens with one attached hydrogen (secondary N) is 1. The molecule has 0 aliphatic carbocycles. The van der Waals surface area contributed by atoms with Crippen molar-refractivity contribution in [3.05, 3.63) is 128 Å². The lowest BCUT2D eigenvalue weighted by Gasteiger charge is -2.15. The summed E-state index contributed by atoms with van der Waals surface area (Å²) in [7, 11) is 1.31. The van der Waals surface area contributed by atoms with Crippen LogP contribution >= 0.6 is 0 Å². The largest absolute Gasteiger partial charge is 0.497 e. The van der Waals surface area contributed by atoms with Crippen molar-refractivity contribution in [1.82, 2.24) is 18.8 Å². The number of hydrogen-bond donors (Lipinski definition) is 1. The van der Waals surface area contributed by atoms with Crippen LogP contribution in [0.5, 0.6) is 17.2 Å². The van der Waals surface area contributed by atoms with E-state index < -0.39 is 77.0 Å². The molecule has 0 unspecified atom stereocenters. The van der Waals surface area contributed by atoms with E-state index in [1.165, 1.54) is 25.4 Å². The number of aromatic amines is 1. The number of hydrogen-bond acceptors (Lipinski definition) is 7. The highest BCUT2D eigenvalue weighted by Crippen LogP contribution is 2.36. The molecule has 0 atom stereocenters. The molecule has 0 bridgehead atoms. The summed E-state index contributed by atoms with van der Waals surface area (Å²) in [5.41, 5.74) is -7.89. The Kier molecular flexibility index (Phi) is 11.4. The quantitative estimate of drug-likeness (QED) is 0.163. The lowest BCUT2D eigenvalue weighted by atomic mass is 10.0. The Labute approximate surface area is 309 Å². The van der Waals surface area contributed by atoms with Gasteiger partial charge in [0.15, 0.2) is 24.3 Å². The summed E-state index contributed by atoms with van der Waals surface area (Å²) in [5.74, 6) is -0.224. The molecule has 0 fully saturated rings. The smallest absolute Gasteiger partial charge is 0.434 e. The fraction of sp³-hybridized carbons (Fsp3) is 0.200. The molecule has 0 saturated carbocycles. The van der Waals surface area contributed by atoms with Crippen LogP contribution in [-0.2, 0) is 12.4 Å². The van der Waals surface area contributed by atoms with Gasteiger partial charge in [0, 0.05) is 30.6 Å². The molecule has 4 heterocycles. The van der Waals surface area contributed by atoms with Gasteiger partial charge in [0.05, 0.1) is 18.2 Å². The number of ether oxygens (including phenoxy) is 3. The number of halogens is 12. The minimum absolute atomic E-state index is 0.167. The molecule has 4 aromatic heterocycles. The van der Waals surface area contributed by atoms with Crippen molar-refractivity contribution in [3.63, 3.8) is 0 Å². The summed E-state index contributed by atoms with van der Waals surface area (Å²) >= 11 is 0. The average molecular weight is 823 g/mol. The molecule has 6 aromatic rings. The zero-order valence-corrected chi connectivity index (χ0v) is 28.3. The van der Waals surface area contributed by atoms with Gasteiger partial charge in [-0.2, -0.15) is 52.7 Å². The SMILES string of the molecule is COc1ccn2c(=O)c(-c3ccc(OCC(F)(F)F)cc3)c(C(F)(F)F)nc2c1.O=c1ccn2c(=O)c(-c3ccc(OCC(F)(F)F)cc3)c(C(F)(F)F)[nH]c2c1. The topological polar surface area (TPSA) is 116 Å². The van der Waals surface area contributed by atoms with E-state index in [0.29, 0.717) is 0 Å². The molecule has 10 nitrogen and oxygen atoms in total. The van der Waals surface area contributed by atoms with Gasteiger partial charge >= 0.3 is 24.7 Å². The van der Waals surface area contributed by atoms with Crippen molar-refractivity contribution in [2.75, 3.05) is 20.3 Å². The highest BCUT2D eigenvalue weighted by Gasteiger charge is 2.39. The Bertz CT molecular complexity index is 2570. The normalized spacial score (nSPS) is 12.3. The fourth-order valence-corrected chi connectivity index (χ4v) is 5.13. The highest BCUT2D eigenvalue weighted by molar-refractivity contribution is 5.69. The van der Waals surface area contributed by atoms with Crippen LogP contribution in [0.25, 0.3) is 33.5 Å². The van der Waals surface area contributed by atoms with Crippen LogP contribution in [0, 0.1) is 0 Å². The van der Waals surface area contributed by atoms with Gasteiger partial charge < -0.3 is 19.2 Å². The van der Waals surface area contributed by atoms with E-state index in [9.17, 15) is 67.1 Å². The van der Waals surface area contributed by atoms with Crippen LogP contribution in [0.1, 0.15) is 11.4 Å². The van der Waals surface area contributed by atoms with Crippen LogP contribution in [0.3, 0.4) is 0 Å². The average Bonchev–Trinajstić information content (AvgIpc) is 3.12. The van der Waals surface area contributed by atoms with Gasteiger partial charge in [0.2, 0.25) is 0 Å². The molecule has 2 aromatic carbocycles. The number of H-pyrrole nitrogens is 1. The summed E-state index contributed by atoms with van der Waals surface area (Å²) in [6, 6.07) is 12.8. The van der Waals surface area contributed by atoms with E-state index in [1.54, 1.807) is 0 Å². The predicted molar refractivity (Wildman–Crippen MR) is 176 cm³/mol. The molecular weight excluding hydrogens is 800 g/mol. The maximum absolute atomic E-state index is 13.6. The van der Waals surface area contributed by atoms with Gasteiger partial charge in [-0.25, -0.2) is 4.98 Å². The van der Waals surface area contributed by atoms with Crippen molar-refractivity contribution < 1.29 is 66.9 Å². The molecule has 302 valence electrons. The Balaban J connectivity index is 0.000000218. The van der Waals surface area contributed by atoms with Crippen LogP contribution in [0.15, 0.2) is 99.6 Å². The second-order valence-corrected chi connectivity index (χ2v) is 11.6. The number of aromatic nitrogens is 4. The van der Waals surface area contributed by atoms with Crippen LogP contribution in [0.4, 0.5) is 52.7 Å². The minimum Gasteiger partial charge on any atom is -0.497 e. The van der Waals surface area contributed by atoms with E-state index in [-0.39, 0.29) is 39.7 Å². The Hall–Kier alpha value is -6.48. The maximum Gasteiger partial charge on any atom is 0.434 e. The predicted octanol–water partition coefficient (Wildman–Crippen LogP) is 7.94.